The van der Waals surface area contributed by atoms with Crippen LogP contribution in [0.2, 0.25) is 0 Å². The number of carbonyl (C=O) groups excluding carboxylic acids is 2. The van der Waals surface area contributed by atoms with E-state index in [9.17, 15) is 9.59 Å². The normalized spacial score (nSPS) is 26.8. The van der Waals surface area contributed by atoms with Gasteiger partial charge >= 0.3 is 0 Å². The van der Waals surface area contributed by atoms with E-state index in [1.54, 1.807) is 4.90 Å². The van der Waals surface area contributed by atoms with Crippen LogP contribution in [0.15, 0.2) is 0 Å². The van der Waals surface area contributed by atoms with Crippen molar-refractivity contribution in [3.8, 4) is 0 Å². The smallest absolute Gasteiger partial charge is 0.248 e. The number of amides is 2. The summed E-state index contributed by atoms with van der Waals surface area (Å²) in [5.74, 6) is 0.402. The molecule has 2 rings (SSSR count). The first-order valence-corrected chi connectivity index (χ1v) is 9.28. The third-order valence-electron chi connectivity index (χ3n) is 4.94. The highest BCUT2D eigenvalue weighted by atomic mass is 16.5. The van der Waals surface area contributed by atoms with Gasteiger partial charge in [0.1, 0.15) is 6.61 Å². The molecule has 3 atom stereocenters. The first-order chi connectivity index (χ1) is 11.8. The van der Waals surface area contributed by atoms with Crippen LogP contribution in [0.4, 0.5) is 0 Å². The predicted molar refractivity (Wildman–Crippen MR) is 95.2 cm³/mol. The van der Waals surface area contributed by atoms with Crippen LogP contribution in [0.5, 0.6) is 0 Å². The van der Waals surface area contributed by atoms with Crippen LogP contribution < -0.4 is 0 Å². The molecule has 3 unspecified atom stereocenters. The molecule has 2 amide bonds. The van der Waals surface area contributed by atoms with E-state index < -0.39 is 0 Å². The minimum atomic E-state index is -0.130. The van der Waals surface area contributed by atoms with Gasteiger partial charge in [-0.25, -0.2) is 0 Å². The quantitative estimate of drug-likeness (QED) is 0.716. The SMILES string of the molecule is COCC(=O)N1CCN(C(=O)C(C(C)C)N2CC(C)OC(C)C2)CC1. The van der Waals surface area contributed by atoms with Crippen molar-refractivity contribution < 1.29 is 19.1 Å². The largest absolute Gasteiger partial charge is 0.375 e. The van der Waals surface area contributed by atoms with Crippen LogP contribution in [0, 0.1) is 5.92 Å². The van der Waals surface area contributed by atoms with Gasteiger partial charge in [0.05, 0.1) is 18.2 Å². The molecule has 0 saturated carbocycles. The summed E-state index contributed by atoms with van der Waals surface area (Å²) in [5, 5.41) is 0. The first-order valence-electron chi connectivity index (χ1n) is 9.28. The van der Waals surface area contributed by atoms with Crippen LogP contribution in [0.1, 0.15) is 27.7 Å². The minimum Gasteiger partial charge on any atom is -0.375 e. The number of nitrogens with zero attached hydrogens (tertiary/aromatic N) is 3. The fourth-order valence-corrected chi connectivity index (χ4v) is 3.89. The van der Waals surface area contributed by atoms with Crippen molar-refractivity contribution in [3.05, 3.63) is 0 Å². The van der Waals surface area contributed by atoms with Crippen molar-refractivity contribution in [2.24, 2.45) is 5.92 Å². The molecule has 2 saturated heterocycles. The molecular formula is C18H33N3O4. The second kappa shape index (κ2) is 8.96. The number of methoxy groups -OCH3 is 1. The molecule has 0 radical (unpaired) electrons. The molecule has 0 N–H and O–H groups in total. The van der Waals surface area contributed by atoms with Crippen molar-refractivity contribution >= 4 is 11.8 Å². The molecule has 0 aromatic heterocycles. The summed E-state index contributed by atoms with van der Waals surface area (Å²) in [6.45, 7) is 12.3. The van der Waals surface area contributed by atoms with Crippen molar-refractivity contribution in [1.82, 2.24) is 14.7 Å². The summed E-state index contributed by atoms with van der Waals surface area (Å²) >= 11 is 0. The van der Waals surface area contributed by atoms with Crippen LogP contribution in [-0.2, 0) is 19.1 Å². The maximum Gasteiger partial charge on any atom is 0.248 e. The molecule has 0 aromatic rings. The van der Waals surface area contributed by atoms with Crippen LogP contribution >= 0.6 is 0 Å². The van der Waals surface area contributed by atoms with Gasteiger partial charge in [0, 0.05) is 46.4 Å². The highest BCUT2D eigenvalue weighted by Gasteiger charge is 2.37. The Balaban J connectivity index is 1.98. The molecule has 0 aromatic carbocycles. The molecule has 7 heteroatoms. The maximum atomic E-state index is 13.2. The number of ether oxygens (including phenoxy) is 2. The van der Waals surface area contributed by atoms with Gasteiger partial charge in [-0.2, -0.15) is 0 Å². The van der Waals surface area contributed by atoms with Crippen molar-refractivity contribution in [2.45, 2.75) is 45.9 Å². The van der Waals surface area contributed by atoms with Crippen molar-refractivity contribution in [3.63, 3.8) is 0 Å². The van der Waals surface area contributed by atoms with Gasteiger partial charge in [-0.3, -0.25) is 14.5 Å². The lowest BCUT2D eigenvalue weighted by Crippen LogP contribution is -2.60. The topological polar surface area (TPSA) is 62.3 Å². The lowest BCUT2D eigenvalue weighted by Gasteiger charge is -2.44. The number of morpholine rings is 1. The van der Waals surface area contributed by atoms with E-state index in [0.717, 1.165) is 13.1 Å². The summed E-state index contributed by atoms with van der Waals surface area (Å²) in [7, 11) is 1.52. The van der Waals surface area contributed by atoms with Crippen LogP contribution in [0.3, 0.4) is 0 Å². The summed E-state index contributed by atoms with van der Waals surface area (Å²) in [6.07, 6.45) is 0.280. The zero-order valence-corrected chi connectivity index (χ0v) is 16.2. The Morgan fingerprint density at radius 2 is 1.56 bits per heavy atom. The Bertz CT molecular complexity index is 453. The van der Waals surface area contributed by atoms with Gasteiger partial charge in [-0.1, -0.05) is 13.8 Å². The van der Waals surface area contributed by atoms with Gasteiger partial charge < -0.3 is 19.3 Å². The zero-order valence-electron chi connectivity index (χ0n) is 16.2. The fourth-order valence-electron chi connectivity index (χ4n) is 3.89. The molecular weight excluding hydrogens is 322 g/mol. The van der Waals surface area contributed by atoms with E-state index in [4.69, 9.17) is 9.47 Å². The second-order valence-electron chi connectivity index (χ2n) is 7.54. The first kappa shape index (κ1) is 20.1. The van der Waals surface area contributed by atoms with Gasteiger partial charge in [-0.05, 0) is 19.8 Å². The molecule has 2 aliphatic heterocycles. The molecule has 0 spiro atoms. The standard InChI is InChI=1S/C18H33N3O4/c1-13(2)17(21-10-14(3)25-15(4)11-21)18(23)20-8-6-19(7-9-20)16(22)12-24-5/h13-15,17H,6-12H2,1-5H3. The number of hydrogen-bond acceptors (Lipinski definition) is 5. The predicted octanol–water partition coefficient (Wildman–Crippen LogP) is 0.437. The zero-order chi connectivity index (χ0) is 18.6. The van der Waals surface area contributed by atoms with Gasteiger partial charge in [-0.15, -0.1) is 0 Å². The van der Waals surface area contributed by atoms with E-state index in [-0.39, 0.29) is 42.6 Å². The molecule has 25 heavy (non-hydrogen) atoms. The van der Waals surface area contributed by atoms with E-state index >= 15 is 0 Å². The summed E-state index contributed by atoms with van der Waals surface area (Å²) < 4.78 is 10.7. The van der Waals surface area contributed by atoms with E-state index in [0.29, 0.717) is 26.2 Å². The summed E-state index contributed by atoms with van der Waals surface area (Å²) in [6, 6.07) is -0.130. The molecule has 7 nitrogen and oxygen atoms in total. The lowest BCUT2D eigenvalue weighted by atomic mass is 9.98. The second-order valence-corrected chi connectivity index (χ2v) is 7.54. The van der Waals surface area contributed by atoms with Crippen molar-refractivity contribution in [2.75, 3.05) is 53.0 Å². The minimum absolute atomic E-state index is 0.00848. The Kier molecular flexibility index (Phi) is 7.22. The highest BCUT2D eigenvalue weighted by molar-refractivity contribution is 5.83. The number of carbonyl (C=O) groups is 2. The molecule has 2 fully saturated rings. The third-order valence-corrected chi connectivity index (χ3v) is 4.94. The van der Waals surface area contributed by atoms with Gasteiger partial charge in [0.25, 0.3) is 0 Å². The third kappa shape index (κ3) is 5.15. The molecule has 2 aliphatic rings. The highest BCUT2D eigenvalue weighted by Crippen LogP contribution is 2.21. The van der Waals surface area contributed by atoms with E-state index in [1.807, 2.05) is 4.90 Å². The van der Waals surface area contributed by atoms with E-state index in [1.165, 1.54) is 7.11 Å². The van der Waals surface area contributed by atoms with E-state index in [2.05, 4.69) is 32.6 Å². The molecule has 2 heterocycles. The van der Waals surface area contributed by atoms with Crippen LogP contribution in [0.25, 0.3) is 0 Å². The van der Waals surface area contributed by atoms with Gasteiger partial charge in [0.2, 0.25) is 11.8 Å². The van der Waals surface area contributed by atoms with Gasteiger partial charge in [0.15, 0.2) is 0 Å². The number of rotatable bonds is 5. The summed E-state index contributed by atoms with van der Waals surface area (Å²) in [5.41, 5.74) is 0. The maximum absolute atomic E-state index is 13.2. The monoisotopic (exact) mass is 355 g/mol. The number of hydrogen-bond donors (Lipinski definition) is 0. The average Bonchev–Trinajstić information content (AvgIpc) is 2.54. The molecule has 0 aliphatic carbocycles. The summed E-state index contributed by atoms with van der Waals surface area (Å²) in [4.78, 5) is 31.0. The Morgan fingerprint density at radius 3 is 2.04 bits per heavy atom. The number of piperazine rings is 1. The Hall–Kier alpha value is -1.18. The molecule has 144 valence electrons. The van der Waals surface area contributed by atoms with Crippen LogP contribution in [-0.4, -0.2) is 97.7 Å². The fraction of sp³-hybridized carbons (Fsp3) is 0.889. The molecule has 0 bridgehead atoms. The Morgan fingerprint density at radius 1 is 1.04 bits per heavy atom. The lowest BCUT2D eigenvalue weighted by molar-refractivity contribution is -0.150. The Labute approximate surface area is 151 Å². The van der Waals surface area contributed by atoms with Crippen molar-refractivity contribution in [1.29, 1.82) is 0 Å². The average molecular weight is 355 g/mol.